The molecule has 0 aromatic heterocycles. The van der Waals surface area contributed by atoms with Crippen LogP contribution < -0.4 is 10.6 Å². The second-order valence-corrected chi connectivity index (χ2v) is 8.03. The number of carbonyl (C=O) groups excluding carboxylic acids is 1. The Morgan fingerprint density at radius 3 is 2.00 bits per heavy atom. The molecule has 0 saturated heterocycles. The molecule has 0 saturated carbocycles. The standard InChI is InChI=1S/C25H19ClN3O.C5H5.Fe/c26-21-12-16-23(17-13-21)28-25(29-24(30)20-8-2-1-3-9-20)27-22-14-10-19(11-15-22)18-6-4-5-7-18;1-2-4-5-3-1;/h1-17H,(H2,27,28,29,30);1-5H;/q2*-1;+2. The first-order valence-corrected chi connectivity index (χ1v) is 11.5. The summed E-state index contributed by atoms with van der Waals surface area (Å²) in [6.45, 7) is 0. The van der Waals surface area contributed by atoms with Crippen molar-refractivity contribution in [3.8, 4) is 11.1 Å². The zero-order valence-electron chi connectivity index (χ0n) is 19.3. The molecule has 0 aliphatic rings. The van der Waals surface area contributed by atoms with Gasteiger partial charge in [-0.1, -0.05) is 47.5 Å². The van der Waals surface area contributed by atoms with Gasteiger partial charge in [0.15, 0.2) is 0 Å². The van der Waals surface area contributed by atoms with E-state index in [1.165, 1.54) is 0 Å². The number of hydrogen-bond donors (Lipinski definition) is 2. The normalized spacial score (nSPS) is 10.4. The summed E-state index contributed by atoms with van der Waals surface area (Å²) < 4.78 is 0. The summed E-state index contributed by atoms with van der Waals surface area (Å²) in [6.07, 6.45) is 0. The molecule has 0 atom stereocenters. The summed E-state index contributed by atoms with van der Waals surface area (Å²) in [5.41, 5.74) is 4.30. The van der Waals surface area contributed by atoms with Gasteiger partial charge in [0, 0.05) is 16.3 Å². The number of anilines is 1. The molecule has 5 aromatic rings. The third kappa shape index (κ3) is 8.10. The maximum Gasteiger partial charge on any atom is 2.00 e. The molecular weight excluding hydrogens is 510 g/mol. The van der Waals surface area contributed by atoms with E-state index in [9.17, 15) is 4.79 Å². The van der Waals surface area contributed by atoms with Crippen LogP contribution in [0.4, 0.5) is 11.4 Å². The van der Waals surface area contributed by atoms with Crippen molar-refractivity contribution in [2.75, 3.05) is 5.32 Å². The average molecular weight is 534 g/mol. The van der Waals surface area contributed by atoms with Gasteiger partial charge < -0.3 is 5.32 Å². The number of guanidine groups is 1. The van der Waals surface area contributed by atoms with Gasteiger partial charge in [-0.15, -0.1) is 29.8 Å². The maximum atomic E-state index is 12.6. The van der Waals surface area contributed by atoms with E-state index in [1.54, 1.807) is 24.3 Å². The number of benzene rings is 3. The van der Waals surface area contributed by atoms with Crippen LogP contribution in [0.3, 0.4) is 0 Å². The molecule has 180 valence electrons. The van der Waals surface area contributed by atoms with Crippen LogP contribution >= 0.6 is 11.6 Å². The van der Waals surface area contributed by atoms with E-state index >= 15 is 0 Å². The molecule has 0 fully saturated rings. The molecule has 36 heavy (non-hydrogen) atoms. The van der Waals surface area contributed by atoms with Crippen LogP contribution in [0.15, 0.2) is 138 Å². The van der Waals surface area contributed by atoms with Gasteiger partial charge in [0.2, 0.25) is 5.96 Å². The number of nitrogens with one attached hydrogen (secondary N) is 2. The molecule has 4 nitrogen and oxygen atoms in total. The predicted octanol–water partition coefficient (Wildman–Crippen LogP) is 7.66. The van der Waals surface area contributed by atoms with E-state index in [2.05, 4.69) is 27.8 Å². The van der Waals surface area contributed by atoms with Crippen LogP contribution in [0.1, 0.15) is 10.4 Å². The van der Waals surface area contributed by atoms with E-state index < -0.39 is 0 Å². The van der Waals surface area contributed by atoms with Gasteiger partial charge in [-0.2, -0.15) is 30.3 Å². The molecule has 0 aliphatic carbocycles. The monoisotopic (exact) mass is 533 g/mol. The summed E-state index contributed by atoms with van der Waals surface area (Å²) in [7, 11) is 0. The third-order valence-electron chi connectivity index (χ3n) is 5.03. The Balaban J connectivity index is 0.000000538. The van der Waals surface area contributed by atoms with Crippen molar-refractivity contribution in [1.82, 2.24) is 5.32 Å². The molecule has 1 amide bonds. The molecule has 0 aliphatic heterocycles. The van der Waals surface area contributed by atoms with Crippen molar-refractivity contribution >= 4 is 34.8 Å². The fourth-order valence-electron chi connectivity index (χ4n) is 3.27. The first-order valence-electron chi connectivity index (χ1n) is 11.1. The predicted molar refractivity (Wildman–Crippen MR) is 146 cm³/mol. The fourth-order valence-corrected chi connectivity index (χ4v) is 3.40. The van der Waals surface area contributed by atoms with Crippen molar-refractivity contribution in [3.63, 3.8) is 0 Å². The minimum atomic E-state index is -0.246. The number of halogens is 1. The Bertz CT molecular complexity index is 1310. The fraction of sp³-hybridized carbons (Fsp3) is 0. The number of carbonyl (C=O) groups is 1. The third-order valence-corrected chi connectivity index (χ3v) is 5.29. The van der Waals surface area contributed by atoms with E-state index in [4.69, 9.17) is 11.6 Å². The van der Waals surface area contributed by atoms with E-state index in [0.717, 1.165) is 22.5 Å². The molecular formula is C30H24ClFeN3O. The van der Waals surface area contributed by atoms with Gasteiger partial charge in [0.1, 0.15) is 0 Å². The summed E-state index contributed by atoms with van der Waals surface area (Å²) in [4.78, 5) is 17.3. The van der Waals surface area contributed by atoms with Crippen LogP contribution in [0.5, 0.6) is 0 Å². The molecule has 0 bridgehead atoms. The van der Waals surface area contributed by atoms with E-state index in [-0.39, 0.29) is 23.0 Å². The largest absolute Gasteiger partial charge is 2.00 e. The van der Waals surface area contributed by atoms with Gasteiger partial charge in [-0.25, -0.2) is 17.1 Å². The number of amides is 1. The quantitative estimate of drug-likeness (QED) is 0.108. The topological polar surface area (TPSA) is 53.5 Å². The van der Waals surface area contributed by atoms with Crippen LogP contribution in [0.2, 0.25) is 5.02 Å². The zero-order valence-corrected chi connectivity index (χ0v) is 21.1. The van der Waals surface area contributed by atoms with Crippen molar-refractivity contribution in [3.05, 3.63) is 144 Å². The maximum absolute atomic E-state index is 12.6. The number of hydrogen-bond acceptors (Lipinski definition) is 2. The molecule has 6 heteroatoms. The molecule has 0 spiro atoms. The Kier molecular flexibility index (Phi) is 10.3. The Morgan fingerprint density at radius 2 is 1.42 bits per heavy atom. The van der Waals surface area contributed by atoms with Crippen molar-refractivity contribution in [2.24, 2.45) is 4.99 Å². The Labute approximate surface area is 226 Å². The summed E-state index contributed by atoms with van der Waals surface area (Å²) in [5, 5.41) is 6.65. The number of rotatable bonds is 4. The van der Waals surface area contributed by atoms with Crippen LogP contribution in [0, 0.1) is 0 Å². The van der Waals surface area contributed by atoms with Gasteiger partial charge in [0.25, 0.3) is 5.91 Å². The molecule has 5 rings (SSSR count). The first-order chi connectivity index (χ1) is 17.2. The van der Waals surface area contributed by atoms with Crippen LogP contribution in [-0.4, -0.2) is 11.9 Å². The van der Waals surface area contributed by atoms with Crippen molar-refractivity contribution in [1.29, 1.82) is 0 Å². The number of nitrogens with zero attached hydrogens (tertiary/aromatic N) is 1. The molecule has 2 N–H and O–H groups in total. The average Bonchev–Trinajstić information content (AvgIpc) is 3.64. The van der Waals surface area contributed by atoms with Crippen molar-refractivity contribution < 1.29 is 21.9 Å². The van der Waals surface area contributed by atoms with E-state index in [0.29, 0.717) is 16.5 Å². The minimum absolute atomic E-state index is 0. The van der Waals surface area contributed by atoms with E-state index in [1.807, 2.05) is 97.1 Å². The van der Waals surface area contributed by atoms with Crippen LogP contribution in [0.25, 0.3) is 11.1 Å². The second-order valence-electron chi connectivity index (χ2n) is 7.60. The Hall–Kier alpha value is -3.89. The van der Waals surface area contributed by atoms with Gasteiger partial charge >= 0.3 is 17.1 Å². The molecule has 0 heterocycles. The van der Waals surface area contributed by atoms with Crippen molar-refractivity contribution in [2.45, 2.75) is 0 Å². The molecule has 0 unspecified atom stereocenters. The minimum Gasteiger partial charge on any atom is -0.326 e. The number of aliphatic imine (C=N–C) groups is 1. The van der Waals surface area contributed by atoms with Crippen LogP contribution in [-0.2, 0) is 17.1 Å². The Morgan fingerprint density at radius 1 is 0.778 bits per heavy atom. The second kappa shape index (κ2) is 13.9. The van der Waals surface area contributed by atoms with Gasteiger partial charge in [-0.3, -0.25) is 10.1 Å². The summed E-state index contributed by atoms with van der Waals surface area (Å²) in [6, 6.07) is 42.2. The molecule has 0 radical (unpaired) electrons. The van der Waals surface area contributed by atoms with Gasteiger partial charge in [-0.05, 0) is 36.4 Å². The molecule has 5 aromatic carbocycles. The van der Waals surface area contributed by atoms with Gasteiger partial charge in [0.05, 0.1) is 5.69 Å². The summed E-state index contributed by atoms with van der Waals surface area (Å²) >= 11 is 5.97. The first kappa shape index (κ1) is 26.7. The SMILES string of the molecule is O=C(NC(=Nc1ccc(-[c-]2cccc2)cc1)Nc1ccc(Cl)cc1)c1ccccc1.[Fe+2].c1cc[cH-]c1. The summed E-state index contributed by atoms with van der Waals surface area (Å²) in [5.74, 6) is 0.0801. The smallest absolute Gasteiger partial charge is 0.326 e. The zero-order chi connectivity index (χ0) is 24.3.